The number of hydrogen-bond donors (Lipinski definition) is 1. The smallest absolute Gasteiger partial charge is 0.155 e. The van der Waals surface area contributed by atoms with Crippen molar-refractivity contribution in [3.63, 3.8) is 0 Å². The quantitative estimate of drug-likeness (QED) is 0.616. The van der Waals surface area contributed by atoms with Crippen LogP contribution in [0.5, 0.6) is 0 Å². The molecule has 0 saturated heterocycles. The Morgan fingerprint density at radius 2 is 2.05 bits per heavy atom. The molecule has 4 heterocycles. The van der Waals surface area contributed by atoms with Crippen molar-refractivity contribution >= 4 is 38.5 Å². The molecule has 0 spiro atoms. The van der Waals surface area contributed by atoms with Gasteiger partial charge in [0.25, 0.3) is 0 Å². The van der Waals surface area contributed by atoms with Gasteiger partial charge in [-0.25, -0.2) is 15.0 Å². The maximum absolute atomic E-state index is 4.72. The fourth-order valence-corrected chi connectivity index (χ4v) is 3.27. The van der Waals surface area contributed by atoms with Crippen LogP contribution in [-0.2, 0) is 7.05 Å². The van der Waals surface area contributed by atoms with Gasteiger partial charge in [-0.15, -0.1) is 0 Å². The summed E-state index contributed by atoms with van der Waals surface area (Å²) in [5.74, 6) is 0.773. The standard InChI is InChI=1S/C14H12N6S/c1-15-12-9-11(20(2)7-17-9)10-14(19-12)21-13(18-10)8-5-3-4-6-16-8/h3-7H,1-2H3,(H,15,19). The Bertz CT molecular complexity index is 940. The van der Waals surface area contributed by atoms with Crippen LogP contribution in [-0.4, -0.2) is 31.6 Å². The third-order valence-corrected chi connectivity index (χ3v) is 4.30. The number of thiazole rings is 1. The van der Waals surface area contributed by atoms with Crippen molar-refractivity contribution in [1.29, 1.82) is 0 Å². The Morgan fingerprint density at radius 3 is 2.81 bits per heavy atom. The first kappa shape index (κ1) is 12.2. The Labute approximate surface area is 124 Å². The third-order valence-electron chi connectivity index (χ3n) is 3.33. The average molecular weight is 296 g/mol. The zero-order chi connectivity index (χ0) is 14.4. The molecule has 1 N–H and O–H groups in total. The largest absolute Gasteiger partial charge is 0.371 e. The van der Waals surface area contributed by atoms with Gasteiger partial charge in [0.05, 0.1) is 12.0 Å². The summed E-state index contributed by atoms with van der Waals surface area (Å²) in [6, 6.07) is 5.81. The summed E-state index contributed by atoms with van der Waals surface area (Å²) in [6.45, 7) is 0. The minimum Gasteiger partial charge on any atom is -0.371 e. The van der Waals surface area contributed by atoms with Crippen molar-refractivity contribution in [2.75, 3.05) is 12.4 Å². The highest BCUT2D eigenvalue weighted by Gasteiger charge is 2.17. The van der Waals surface area contributed by atoms with Gasteiger partial charge in [0.1, 0.15) is 26.4 Å². The molecule has 104 valence electrons. The van der Waals surface area contributed by atoms with Gasteiger partial charge in [-0.05, 0) is 12.1 Å². The highest BCUT2D eigenvalue weighted by molar-refractivity contribution is 7.21. The Kier molecular flexibility index (Phi) is 2.61. The lowest BCUT2D eigenvalue weighted by molar-refractivity contribution is 0.949. The molecule has 0 fully saturated rings. The number of fused-ring (bicyclic) bond motifs is 3. The van der Waals surface area contributed by atoms with Gasteiger partial charge >= 0.3 is 0 Å². The molecular weight excluding hydrogens is 284 g/mol. The number of anilines is 1. The predicted molar refractivity (Wildman–Crippen MR) is 84.5 cm³/mol. The first-order valence-electron chi connectivity index (χ1n) is 6.48. The number of nitrogens with one attached hydrogen (secondary N) is 1. The molecule has 0 atom stereocenters. The minimum absolute atomic E-state index is 0.773. The van der Waals surface area contributed by atoms with Crippen molar-refractivity contribution in [3.05, 3.63) is 30.7 Å². The van der Waals surface area contributed by atoms with Crippen molar-refractivity contribution in [1.82, 2.24) is 24.5 Å². The van der Waals surface area contributed by atoms with E-state index >= 15 is 0 Å². The van der Waals surface area contributed by atoms with Gasteiger partial charge in [-0.1, -0.05) is 17.4 Å². The zero-order valence-electron chi connectivity index (χ0n) is 11.5. The molecule has 0 amide bonds. The molecule has 21 heavy (non-hydrogen) atoms. The van der Waals surface area contributed by atoms with Crippen molar-refractivity contribution in [2.24, 2.45) is 7.05 Å². The second-order valence-corrected chi connectivity index (χ2v) is 5.63. The summed E-state index contributed by atoms with van der Waals surface area (Å²) >= 11 is 1.54. The van der Waals surface area contributed by atoms with Crippen LogP contribution in [0.15, 0.2) is 30.7 Å². The van der Waals surface area contributed by atoms with Gasteiger partial charge in [0.2, 0.25) is 0 Å². The lowest BCUT2D eigenvalue weighted by Gasteiger charge is -2.01. The monoisotopic (exact) mass is 296 g/mol. The molecule has 0 saturated carbocycles. The van der Waals surface area contributed by atoms with Crippen LogP contribution < -0.4 is 5.32 Å². The summed E-state index contributed by atoms with van der Waals surface area (Å²) in [6.07, 6.45) is 3.56. The summed E-state index contributed by atoms with van der Waals surface area (Å²) in [7, 11) is 3.82. The van der Waals surface area contributed by atoms with Crippen molar-refractivity contribution < 1.29 is 0 Å². The van der Waals surface area contributed by atoms with E-state index in [2.05, 4.69) is 20.3 Å². The maximum Gasteiger partial charge on any atom is 0.155 e. The molecule has 0 aromatic carbocycles. The molecule has 4 aromatic heterocycles. The SMILES string of the molecule is CNc1nc2sc(-c3ccccn3)nc2c2c1ncn2C. The van der Waals surface area contributed by atoms with E-state index in [1.54, 1.807) is 23.9 Å². The van der Waals surface area contributed by atoms with Gasteiger partial charge < -0.3 is 9.88 Å². The molecule has 0 bridgehead atoms. The lowest BCUT2D eigenvalue weighted by Crippen LogP contribution is -1.95. The Hall–Kier alpha value is -2.54. The van der Waals surface area contributed by atoms with E-state index in [-0.39, 0.29) is 0 Å². The molecule has 4 aromatic rings. The zero-order valence-corrected chi connectivity index (χ0v) is 12.3. The summed E-state index contributed by atoms with van der Waals surface area (Å²) in [4.78, 5) is 19.0. The van der Waals surface area contributed by atoms with Crippen LogP contribution >= 0.6 is 11.3 Å². The van der Waals surface area contributed by atoms with Gasteiger partial charge in [-0.2, -0.15) is 0 Å². The second-order valence-electron chi connectivity index (χ2n) is 4.65. The number of aromatic nitrogens is 5. The first-order chi connectivity index (χ1) is 10.3. The van der Waals surface area contributed by atoms with E-state index in [4.69, 9.17) is 4.98 Å². The van der Waals surface area contributed by atoms with Gasteiger partial charge in [0.15, 0.2) is 5.82 Å². The summed E-state index contributed by atoms with van der Waals surface area (Å²) < 4.78 is 1.97. The van der Waals surface area contributed by atoms with E-state index in [1.807, 2.05) is 36.9 Å². The van der Waals surface area contributed by atoms with Gasteiger partial charge in [-0.3, -0.25) is 4.98 Å². The molecule has 0 aliphatic carbocycles. The molecular formula is C14H12N6S. The number of aryl methyl sites for hydroxylation is 1. The maximum atomic E-state index is 4.72. The van der Waals surface area contributed by atoms with E-state index in [9.17, 15) is 0 Å². The van der Waals surface area contributed by atoms with Crippen molar-refractivity contribution in [2.45, 2.75) is 0 Å². The van der Waals surface area contributed by atoms with Crippen LogP contribution in [0.1, 0.15) is 0 Å². The van der Waals surface area contributed by atoms with E-state index in [0.29, 0.717) is 0 Å². The molecule has 0 aliphatic heterocycles. The van der Waals surface area contributed by atoms with Crippen LogP contribution in [0.2, 0.25) is 0 Å². The molecule has 0 radical (unpaired) electrons. The number of rotatable bonds is 2. The first-order valence-corrected chi connectivity index (χ1v) is 7.30. The summed E-state index contributed by atoms with van der Waals surface area (Å²) in [5, 5.41) is 3.97. The molecule has 6 nitrogen and oxygen atoms in total. The number of pyridine rings is 2. The van der Waals surface area contributed by atoms with E-state index in [0.717, 1.165) is 37.9 Å². The van der Waals surface area contributed by atoms with E-state index in [1.165, 1.54) is 0 Å². The van der Waals surface area contributed by atoms with E-state index < -0.39 is 0 Å². The van der Waals surface area contributed by atoms with Crippen LogP contribution in [0.25, 0.3) is 32.1 Å². The van der Waals surface area contributed by atoms with Crippen molar-refractivity contribution in [3.8, 4) is 10.7 Å². The predicted octanol–water partition coefficient (Wildman–Crippen LogP) is 2.68. The lowest BCUT2D eigenvalue weighted by atomic mass is 10.3. The highest BCUT2D eigenvalue weighted by atomic mass is 32.1. The average Bonchev–Trinajstić information content (AvgIpc) is 3.11. The van der Waals surface area contributed by atoms with Crippen LogP contribution in [0.4, 0.5) is 5.82 Å². The summed E-state index contributed by atoms with van der Waals surface area (Å²) in [5.41, 5.74) is 3.56. The van der Waals surface area contributed by atoms with Gasteiger partial charge in [0, 0.05) is 20.3 Å². The normalized spacial score (nSPS) is 11.3. The fourth-order valence-electron chi connectivity index (χ4n) is 2.35. The number of hydrogen-bond acceptors (Lipinski definition) is 6. The van der Waals surface area contributed by atoms with Crippen LogP contribution in [0, 0.1) is 0 Å². The molecule has 4 rings (SSSR count). The molecule has 0 unspecified atom stereocenters. The van der Waals surface area contributed by atoms with Crippen LogP contribution in [0.3, 0.4) is 0 Å². The molecule has 0 aliphatic rings. The Balaban J connectivity index is 2.07. The Morgan fingerprint density at radius 1 is 1.14 bits per heavy atom. The number of imidazole rings is 1. The molecule has 7 heteroatoms. The third kappa shape index (κ3) is 1.78. The highest BCUT2D eigenvalue weighted by Crippen LogP contribution is 2.34. The topological polar surface area (TPSA) is 68.5 Å². The second kappa shape index (κ2) is 4.49. The fraction of sp³-hybridized carbons (Fsp3) is 0.143. The minimum atomic E-state index is 0.773. The number of nitrogens with zero attached hydrogens (tertiary/aromatic N) is 5.